The van der Waals surface area contributed by atoms with Crippen LogP contribution in [-0.4, -0.2) is 42.0 Å². The molecule has 0 fully saturated rings. The van der Waals surface area contributed by atoms with Gasteiger partial charge in [-0.3, -0.25) is 14.9 Å². The molecule has 8 nitrogen and oxygen atoms in total. The minimum atomic E-state index is -0.733. The number of nitrogens with one attached hydrogen (secondary N) is 2. The number of anilines is 1. The van der Waals surface area contributed by atoms with Crippen LogP contribution in [0.15, 0.2) is 66.7 Å². The number of nitro groups is 1. The van der Waals surface area contributed by atoms with E-state index in [2.05, 4.69) is 10.6 Å². The van der Waals surface area contributed by atoms with E-state index in [0.29, 0.717) is 24.3 Å². The van der Waals surface area contributed by atoms with Crippen LogP contribution in [0.5, 0.6) is 0 Å². The van der Waals surface area contributed by atoms with Crippen LogP contribution in [0, 0.1) is 17.0 Å². The van der Waals surface area contributed by atoms with Crippen LogP contribution < -0.4 is 10.6 Å². The number of carbonyl (C=O) groups is 2. The van der Waals surface area contributed by atoms with E-state index in [-0.39, 0.29) is 11.6 Å². The minimum Gasteiger partial charge on any atom is -0.467 e. The van der Waals surface area contributed by atoms with Gasteiger partial charge in [0.2, 0.25) is 0 Å². The van der Waals surface area contributed by atoms with Crippen LogP contribution in [0.4, 0.5) is 11.4 Å². The number of amides is 1. The van der Waals surface area contributed by atoms with Crippen molar-refractivity contribution in [2.45, 2.75) is 25.9 Å². The highest BCUT2D eigenvalue weighted by Crippen LogP contribution is 2.29. The summed E-state index contributed by atoms with van der Waals surface area (Å²) in [7, 11) is 1.31. The lowest BCUT2D eigenvalue weighted by Gasteiger charge is -2.19. The molecule has 0 radical (unpaired) electrons. The maximum absolute atomic E-state index is 13.3. The van der Waals surface area contributed by atoms with Gasteiger partial charge in [0.15, 0.2) is 0 Å². The summed E-state index contributed by atoms with van der Waals surface area (Å²) in [4.78, 5) is 36.0. The highest BCUT2D eigenvalue weighted by molar-refractivity contribution is 7.98. The molecular weight excluding hydrogens is 478 g/mol. The molecule has 0 saturated carbocycles. The summed E-state index contributed by atoms with van der Waals surface area (Å²) in [6.07, 6.45) is 2.41. The Morgan fingerprint density at radius 3 is 2.42 bits per heavy atom. The number of ether oxygens (including phenoxy) is 1. The predicted octanol–water partition coefficient (Wildman–Crippen LogP) is 5.21. The van der Waals surface area contributed by atoms with E-state index in [9.17, 15) is 19.7 Å². The Kier molecular flexibility index (Phi) is 9.46. The summed E-state index contributed by atoms with van der Waals surface area (Å²) in [5, 5.41) is 17.0. The smallest absolute Gasteiger partial charge is 0.328 e. The van der Waals surface area contributed by atoms with Crippen LogP contribution in [0.1, 0.15) is 27.9 Å². The van der Waals surface area contributed by atoms with Gasteiger partial charge in [-0.1, -0.05) is 30.3 Å². The summed E-state index contributed by atoms with van der Waals surface area (Å²) in [6, 6.07) is 18.8. The van der Waals surface area contributed by atoms with Crippen molar-refractivity contribution in [2.75, 3.05) is 24.4 Å². The van der Waals surface area contributed by atoms with Gasteiger partial charge in [0.05, 0.1) is 12.0 Å². The number of aryl methyl sites for hydroxylation is 1. The molecule has 36 heavy (non-hydrogen) atoms. The maximum Gasteiger partial charge on any atom is 0.328 e. The third-order valence-electron chi connectivity index (χ3n) is 5.74. The van der Waals surface area contributed by atoms with E-state index in [4.69, 9.17) is 4.74 Å². The summed E-state index contributed by atoms with van der Waals surface area (Å²) in [6.45, 7) is 2.44. The molecule has 2 N–H and O–H groups in total. The van der Waals surface area contributed by atoms with Gasteiger partial charge in [0.1, 0.15) is 6.04 Å². The summed E-state index contributed by atoms with van der Waals surface area (Å²) in [5.74, 6) is -0.115. The number of rotatable bonds is 11. The molecule has 3 aromatic carbocycles. The van der Waals surface area contributed by atoms with E-state index < -0.39 is 16.9 Å². The summed E-state index contributed by atoms with van der Waals surface area (Å²) in [5.41, 5.74) is 4.84. The normalized spacial score (nSPS) is 11.4. The van der Waals surface area contributed by atoms with Gasteiger partial charge in [-0.25, -0.2) is 4.79 Å². The summed E-state index contributed by atoms with van der Waals surface area (Å²) >= 11 is 1.59. The first kappa shape index (κ1) is 26.7. The Morgan fingerprint density at radius 1 is 1.06 bits per heavy atom. The zero-order chi connectivity index (χ0) is 26.1. The fourth-order valence-corrected chi connectivity index (χ4v) is 4.24. The second-order valence-corrected chi connectivity index (χ2v) is 9.17. The number of benzene rings is 3. The van der Waals surface area contributed by atoms with Crippen LogP contribution in [0.2, 0.25) is 0 Å². The van der Waals surface area contributed by atoms with E-state index in [1.807, 2.05) is 49.6 Å². The Bertz CT molecular complexity index is 1230. The SMILES string of the molecule is COC(=O)C(CCSC)NC(=O)c1ccc(CNc2ccc([N+](=O)[O-])cc2)cc1-c1ccccc1C. The second-order valence-electron chi connectivity index (χ2n) is 8.18. The van der Waals surface area contributed by atoms with Gasteiger partial charge < -0.3 is 15.4 Å². The van der Waals surface area contributed by atoms with Crippen molar-refractivity contribution in [3.8, 4) is 11.1 Å². The highest BCUT2D eigenvalue weighted by Gasteiger charge is 2.23. The molecule has 0 spiro atoms. The molecule has 3 rings (SSSR count). The standard InChI is InChI=1S/C27H29N3O5S/c1-18-6-4-5-7-22(18)24-16-19(17-28-20-9-11-21(12-10-20)30(33)34)8-13-23(24)26(31)29-25(14-15-36-3)27(32)35-2/h4-13,16,25,28H,14-15,17H2,1-3H3,(H,29,31). The largest absolute Gasteiger partial charge is 0.467 e. The molecule has 1 amide bonds. The van der Waals surface area contributed by atoms with Crippen LogP contribution in [0.25, 0.3) is 11.1 Å². The number of thioether (sulfide) groups is 1. The van der Waals surface area contributed by atoms with E-state index >= 15 is 0 Å². The first-order chi connectivity index (χ1) is 17.3. The van der Waals surface area contributed by atoms with E-state index in [1.54, 1.807) is 30.0 Å². The molecule has 0 aliphatic heterocycles. The lowest BCUT2D eigenvalue weighted by molar-refractivity contribution is -0.384. The molecule has 9 heteroatoms. The predicted molar refractivity (Wildman–Crippen MR) is 143 cm³/mol. The van der Waals surface area contributed by atoms with Crippen molar-refractivity contribution < 1.29 is 19.2 Å². The molecule has 0 saturated heterocycles. The number of nitro benzene ring substituents is 1. The monoisotopic (exact) mass is 507 g/mol. The summed E-state index contributed by atoms with van der Waals surface area (Å²) < 4.78 is 4.89. The number of nitrogens with zero attached hydrogens (tertiary/aromatic N) is 1. The number of non-ortho nitro benzene ring substituents is 1. The van der Waals surface area contributed by atoms with Gasteiger partial charge in [-0.2, -0.15) is 11.8 Å². The van der Waals surface area contributed by atoms with Crippen LogP contribution >= 0.6 is 11.8 Å². The maximum atomic E-state index is 13.3. The molecule has 0 aliphatic rings. The Morgan fingerprint density at radius 2 is 1.78 bits per heavy atom. The minimum absolute atomic E-state index is 0.0283. The van der Waals surface area contributed by atoms with Crippen molar-refractivity contribution in [2.24, 2.45) is 0 Å². The molecular formula is C27H29N3O5S. The lowest BCUT2D eigenvalue weighted by atomic mass is 9.93. The van der Waals surface area contributed by atoms with Gasteiger partial charge in [0.25, 0.3) is 11.6 Å². The Labute approximate surface area is 214 Å². The third kappa shape index (κ3) is 6.85. The van der Waals surface area contributed by atoms with Crippen molar-refractivity contribution >= 4 is 35.0 Å². The van der Waals surface area contributed by atoms with Crippen LogP contribution in [-0.2, 0) is 16.1 Å². The van der Waals surface area contributed by atoms with Crippen molar-refractivity contribution in [1.29, 1.82) is 0 Å². The zero-order valence-electron chi connectivity index (χ0n) is 20.4. The second kappa shape index (κ2) is 12.7. The van der Waals surface area contributed by atoms with E-state index in [0.717, 1.165) is 27.9 Å². The van der Waals surface area contributed by atoms with Crippen molar-refractivity contribution in [1.82, 2.24) is 5.32 Å². The van der Waals surface area contributed by atoms with Gasteiger partial charge in [-0.05, 0) is 71.9 Å². The fraction of sp³-hybridized carbons (Fsp3) is 0.259. The molecule has 188 valence electrons. The molecule has 0 bridgehead atoms. The molecule has 0 aliphatic carbocycles. The molecule has 1 unspecified atom stereocenters. The quantitative estimate of drug-likeness (QED) is 0.208. The topological polar surface area (TPSA) is 111 Å². The van der Waals surface area contributed by atoms with Crippen molar-refractivity contribution in [3.63, 3.8) is 0 Å². The van der Waals surface area contributed by atoms with Crippen molar-refractivity contribution in [3.05, 3.63) is 93.5 Å². The Hall–Kier alpha value is -3.85. The number of hydrogen-bond acceptors (Lipinski definition) is 7. The zero-order valence-corrected chi connectivity index (χ0v) is 21.3. The number of esters is 1. The third-order valence-corrected chi connectivity index (χ3v) is 6.38. The van der Waals surface area contributed by atoms with E-state index in [1.165, 1.54) is 19.2 Å². The average Bonchev–Trinajstić information content (AvgIpc) is 2.89. The number of hydrogen-bond donors (Lipinski definition) is 2. The first-order valence-electron chi connectivity index (χ1n) is 11.4. The van der Waals surface area contributed by atoms with Gasteiger partial charge in [-0.15, -0.1) is 0 Å². The first-order valence-corrected chi connectivity index (χ1v) is 12.8. The Balaban J connectivity index is 1.89. The molecule has 3 aromatic rings. The fourth-order valence-electron chi connectivity index (χ4n) is 3.77. The van der Waals surface area contributed by atoms with Crippen LogP contribution in [0.3, 0.4) is 0 Å². The highest BCUT2D eigenvalue weighted by atomic mass is 32.2. The van der Waals surface area contributed by atoms with Gasteiger partial charge >= 0.3 is 5.97 Å². The van der Waals surface area contributed by atoms with Gasteiger partial charge in [0, 0.05) is 29.9 Å². The lowest BCUT2D eigenvalue weighted by Crippen LogP contribution is -2.42. The average molecular weight is 508 g/mol. The molecule has 0 aromatic heterocycles. The number of methoxy groups -OCH3 is 1. The molecule has 1 atom stereocenters. The molecule has 0 heterocycles. The number of carbonyl (C=O) groups excluding carboxylic acids is 2.